The standard InChI is InChI=1S/C12H23N3O2S2/c1-19(16,17)14-9-5-8-13-11-15-12(10-18-11)6-3-2-4-7-12/h14H,2-10H2,1H3,(H,13,15). The van der Waals surface area contributed by atoms with Gasteiger partial charge < -0.3 is 5.32 Å². The van der Waals surface area contributed by atoms with Crippen LogP contribution in [0.5, 0.6) is 0 Å². The smallest absolute Gasteiger partial charge is 0.208 e. The van der Waals surface area contributed by atoms with Crippen LogP contribution in [0, 0.1) is 0 Å². The molecule has 2 rings (SSSR count). The Kier molecular flexibility index (Phi) is 5.14. The van der Waals surface area contributed by atoms with Crippen molar-refractivity contribution in [1.82, 2.24) is 10.0 Å². The zero-order chi connectivity index (χ0) is 13.8. The molecule has 0 aromatic heterocycles. The van der Waals surface area contributed by atoms with E-state index in [0.29, 0.717) is 18.6 Å². The van der Waals surface area contributed by atoms with Crippen LogP contribution in [-0.2, 0) is 10.0 Å². The van der Waals surface area contributed by atoms with Gasteiger partial charge in [0.05, 0.1) is 6.26 Å². The van der Waals surface area contributed by atoms with Gasteiger partial charge in [0.25, 0.3) is 0 Å². The first-order valence-electron chi connectivity index (χ1n) is 6.89. The molecule has 0 radical (unpaired) electrons. The molecule has 0 amide bonds. The summed E-state index contributed by atoms with van der Waals surface area (Å²) in [4.78, 5) is 4.53. The Balaban J connectivity index is 1.70. The molecular weight excluding hydrogens is 282 g/mol. The van der Waals surface area contributed by atoms with E-state index < -0.39 is 10.0 Å². The molecule has 0 atom stereocenters. The predicted octanol–water partition coefficient (Wildman–Crippen LogP) is 1.32. The van der Waals surface area contributed by atoms with Gasteiger partial charge in [-0.05, 0) is 19.3 Å². The van der Waals surface area contributed by atoms with Crippen LogP contribution in [0.2, 0.25) is 0 Å². The minimum absolute atomic E-state index is 0.298. The van der Waals surface area contributed by atoms with Gasteiger partial charge >= 0.3 is 0 Å². The summed E-state index contributed by atoms with van der Waals surface area (Å²) in [5.74, 6) is 1.13. The second-order valence-electron chi connectivity index (χ2n) is 5.46. The molecule has 5 nitrogen and oxygen atoms in total. The summed E-state index contributed by atoms with van der Waals surface area (Å²) in [5.41, 5.74) is 0.298. The molecule has 1 aliphatic heterocycles. The highest BCUT2D eigenvalue weighted by molar-refractivity contribution is 8.14. The summed E-state index contributed by atoms with van der Waals surface area (Å²) < 4.78 is 24.3. The number of amidine groups is 1. The molecule has 1 saturated heterocycles. The van der Waals surface area contributed by atoms with Gasteiger partial charge in [0.1, 0.15) is 0 Å². The topological polar surface area (TPSA) is 70.6 Å². The van der Waals surface area contributed by atoms with Gasteiger partial charge in [0.2, 0.25) is 10.0 Å². The second kappa shape index (κ2) is 6.45. The molecule has 1 aliphatic carbocycles. The molecule has 7 heteroatoms. The van der Waals surface area contributed by atoms with Gasteiger partial charge in [-0.15, -0.1) is 0 Å². The van der Waals surface area contributed by atoms with Crippen molar-refractivity contribution in [3.63, 3.8) is 0 Å². The van der Waals surface area contributed by atoms with Crippen LogP contribution < -0.4 is 10.0 Å². The fraction of sp³-hybridized carbons (Fsp3) is 0.917. The SMILES string of the molecule is CS(=O)(=O)NCCCN=C1NC2(CCCCC2)CS1. The van der Waals surface area contributed by atoms with Crippen LogP contribution in [0.4, 0.5) is 0 Å². The van der Waals surface area contributed by atoms with Crippen molar-refractivity contribution in [3.05, 3.63) is 0 Å². The van der Waals surface area contributed by atoms with Gasteiger partial charge in [-0.1, -0.05) is 31.0 Å². The third kappa shape index (κ3) is 4.96. The minimum Gasteiger partial charge on any atom is -0.359 e. The Bertz CT molecular complexity index is 428. The maximum absolute atomic E-state index is 10.9. The van der Waals surface area contributed by atoms with Gasteiger partial charge in [-0.2, -0.15) is 0 Å². The molecule has 2 N–H and O–H groups in total. The molecule has 110 valence electrons. The van der Waals surface area contributed by atoms with E-state index in [0.717, 1.165) is 17.3 Å². The van der Waals surface area contributed by atoms with Crippen LogP contribution in [0.3, 0.4) is 0 Å². The zero-order valence-electron chi connectivity index (χ0n) is 11.4. The summed E-state index contributed by atoms with van der Waals surface area (Å²) in [6.45, 7) is 1.14. The molecule has 2 fully saturated rings. The number of hydrogen-bond acceptors (Lipinski definition) is 4. The minimum atomic E-state index is -3.07. The van der Waals surface area contributed by atoms with Crippen LogP contribution in [0.15, 0.2) is 4.99 Å². The lowest BCUT2D eigenvalue weighted by molar-refractivity contribution is 0.303. The van der Waals surface area contributed by atoms with Crippen molar-refractivity contribution in [3.8, 4) is 0 Å². The van der Waals surface area contributed by atoms with Crippen molar-refractivity contribution in [2.45, 2.75) is 44.1 Å². The molecule has 2 aliphatic rings. The number of aliphatic imine (C=N–C) groups is 1. The van der Waals surface area contributed by atoms with Crippen LogP contribution in [-0.4, -0.2) is 44.2 Å². The Labute approximate surface area is 120 Å². The highest BCUT2D eigenvalue weighted by atomic mass is 32.2. The Morgan fingerprint density at radius 1 is 1.37 bits per heavy atom. The van der Waals surface area contributed by atoms with Crippen LogP contribution in [0.25, 0.3) is 0 Å². The lowest BCUT2D eigenvalue weighted by Gasteiger charge is -2.32. The normalized spacial score (nSPS) is 24.8. The van der Waals surface area contributed by atoms with E-state index in [-0.39, 0.29) is 0 Å². The number of sulfonamides is 1. The fourth-order valence-corrected chi connectivity index (χ4v) is 4.37. The first kappa shape index (κ1) is 15.1. The maximum Gasteiger partial charge on any atom is 0.208 e. The van der Waals surface area contributed by atoms with Gasteiger partial charge in [0, 0.05) is 24.4 Å². The molecular formula is C12H23N3O2S2. The monoisotopic (exact) mass is 305 g/mol. The average molecular weight is 305 g/mol. The summed E-state index contributed by atoms with van der Waals surface area (Å²) in [5, 5.41) is 4.63. The highest BCUT2D eigenvalue weighted by Crippen LogP contribution is 2.36. The third-order valence-corrected chi connectivity index (χ3v) is 5.55. The number of thioether (sulfide) groups is 1. The van der Waals surface area contributed by atoms with E-state index in [4.69, 9.17) is 0 Å². The van der Waals surface area contributed by atoms with E-state index in [2.05, 4.69) is 15.0 Å². The largest absolute Gasteiger partial charge is 0.359 e. The quantitative estimate of drug-likeness (QED) is 0.752. The molecule has 1 saturated carbocycles. The summed E-state index contributed by atoms with van der Waals surface area (Å²) >= 11 is 1.81. The van der Waals surface area contributed by atoms with Crippen molar-refractivity contribution in [1.29, 1.82) is 0 Å². The van der Waals surface area contributed by atoms with Crippen molar-refractivity contribution < 1.29 is 8.42 Å². The van der Waals surface area contributed by atoms with Gasteiger partial charge in [-0.25, -0.2) is 13.1 Å². The highest BCUT2D eigenvalue weighted by Gasteiger charge is 2.37. The van der Waals surface area contributed by atoms with Crippen LogP contribution >= 0.6 is 11.8 Å². The lowest BCUT2D eigenvalue weighted by Crippen LogP contribution is -2.45. The van der Waals surface area contributed by atoms with E-state index in [1.165, 1.54) is 38.4 Å². The molecule has 0 aromatic rings. The Morgan fingerprint density at radius 3 is 2.79 bits per heavy atom. The number of hydrogen-bond donors (Lipinski definition) is 2. The van der Waals surface area contributed by atoms with E-state index in [9.17, 15) is 8.42 Å². The molecule has 0 aromatic carbocycles. The zero-order valence-corrected chi connectivity index (χ0v) is 13.1. The fourth-order valence-electron chi connectivity index (χ4n) is 2.61. The van der Waals surface area contributed by atoms with Gasteiger partial charge in [0.15, 0.2) is 5.17 Å². The first-order chi connectivity index (χ1) is 8.99. The number of nitrogens with zero attached hydrogens (tertiary/aromatic N) is 1. The first-order valence-corrected chi connectivity index (χ1v) is 9.77. The number of nitrogens with one attached hydrogen (secondary N) is 2. The van der Waals surface area contributed by atoms with Crippen molar-refractivity contribution in [2.24, 2.45) is 4.99 Å². The van der Waals surface area contributed by atoms with Gasteiger partial charge in [-0.3, -0.25) is 4.99 Å². The molecule has 0 bridgehead atoms. The molecule has 1 spiro atoms. The van der Waals surface area contributed by atoms with Crippen molar-refractivity contribution >= 4 is 27.0 Å². The van der Waals surface area contributed by atoms with Crippen molar-refractivity contribution in [2.75, 3.05) is 25.1 Å². The average Bonchev–Trinajstić information content (AvgIpc) is 2.71. The predicted molar refractivity (Wildman–Crippen MR) is 81.2 cm³/mol. The second-order valence-corrected chi connectivity index (χ2v) is 8.26. The van der Waals surface area contributed by atoms with E-state index in [1.54, 1.807) is 0 Å². The lowest BCUT2D eigenvalue weighted by atomic mass is 9.83. The summed E-state index contributed by atoms with van der Waals surface area (Å²) in [7, 11) is -3.07. The number of rotatable bonds is 5. The van der Waals surface area contributed by atoms with E-state index in [1.807, 2.05) is 11.8 Å². The molecule has 0 unspecified atom stereocenters. The molecule has 19 heavy (non-hydrogen) atoms. The summed E-state index contributed by atoms with van der Waals surface area (Å²) in [6.07, 6.45) is 8.44. The Morgan fingerprint density at radius 2 is 2.11 bits per heavy atom. The third-order valence-electron chi connectivity index (χ3n) is 3.62. The van der Waals surface area contributed by atoms with E-state index >= 15 is 0 Å². The van der Waals surface area contributed by atoms with Crippen LogP contribution in [0.1, 0.15) is 38.5 Å². The molecule has 1 heterocycles. The summed E-state index contributed by atoms with van der Waals surface area (Å²) in [6, 6.07) is 0. The maximum atomic E-state index is 10.9. The Hall–Kier alpha value is -0.270.